The van der Waals surface area contributed by atoms with Crippen molar-refractivity contribution in [3.8, 4) is 11.5 Å². The fourth-order valence-corrected chi connectivity index (χ4v) is 5.43. The van der Waals surface area contributed by atoms with E-state index in [1.165, 1.54) is 19.2 Å². The molecule has 26 heavy (non-hydrogen) atoms. The topological polar surface area (TPSA) is 78.7 Å². The molecule has 0 amide bonds. The Kier molecular flexibility index (Phi) is 5.95. The molecule has 0 unspecified atom stereocenters. The van der Waals surface area contributed by atoms with Crippen molar-refractivity contribution in [1.82, 2.24) is 0 Å². The summed E-state index contributed by atoms with van der Waals surface area (Å²) in [7, 11) is 1.50. The molecule has 0 N–H and O–H groups in total. The highest BCUT2D eigenvalue weighted by molar-refractivity contribution is 8.19. The number of rotatable bonds is 5. The van der Waals surface area contributed by atoms with Crippen LogP contribution < -0.4 is 9.47 Å². The molecule has 2 aromatic rings. The molecule has 2 aromatic carbocycles. The zero-order valence-corrected chi connectivity index (χ0v) is 16.0. The number of esters is 1. The van der Waals surface area contributed by atoms with Gasteiger partial charge in [-0.25, -0.2) is 4.79 Å². The summed E-state index contributed by atoms with van der Waals surface area (Å²) in [5.41, 5.74) is 0.782. The van der Waals surface area contributed by atoms with Gasteiger partial charge in [0.1, 0.15) is 5.02 Å². The average molecular weight is 412 g/mol. The molecular formula is C17H14ClNO5S2. The number of carbonyl (C=O) groups is 1. The van der Waals surface area contributed by atoms with E-state index < -0.39 is 10.9 Å². The normalized spacial score (nSPS) is 14.2. The quantitative estimate of drug-likeness (QED) is 0.298. The minimum Gasteiger partial charge on any atom is -0.493 e. The summed E-state index contributed by atoms with van der Waals surface area (Å²) < 4.78 is 11.1. The summed E-state index contributed by atoms with van der Waals surface area (Å²) in [5.74, 6) is 2.17. The predicted molar refractivity (Wildman–Crippen MR) is 104 cm³/mol. The Morgan fingerprint density at radius 2 is 1.92 bits per heavy atom. The van der Waals surface area contributed by atoms with E-state index in [1.54, 1.807) is 6.07 Å². The van der Waals surface area contributed by atoms with Gasteiger partial charge in [0.15, 0.2) is 11.5 Å². The van der Waals surface area contributed by atoms with Crippen LogP contribution in [-0.2, 0) is 0 Å². The van der Waals surface area contributed by atoms with Crippen LogP contribution in [0.5, 0.6) is 11.5 Å². The number of benzene rings is 2. The van der Waals surface area contributed by atoms with Crippen LogP contribution in [0.4, 0.5) is 5.69 Å². The van der Waals surface area contributed by atoms with Crippen molar-refractivity contribution in [2.75, 3.05) is 18.6 Å². The van der Waals surface area contributed by atoms with Crippen molar-refractivity contribution in [1.29, 1.82) is 0 Å². The maximum absolute atomic E-state index is 12.4. The number of carbonyl (C=O) groups excluding carboxylic acids is 1. The van der Waals surface area contributed by atoms with E-state index in [9.17, 15) is 14.9 Å². The molecule has 1 saturated heterocycles. The molecule has 0 aromatic heterocycles. The number of methoxy groups -OCH3 is 1. The van der Waals surface area contributed by atoms with Crippen LogP contribution in [0.15, 0.2) is 36.4 Å². The van der Waals surface area contributed by atoms with Crippen molar-refractivity contribution in [2.24, 2.45) is 0 Å². The number of thioether (sulfide) groups is 2. The zero-order valence-electron chi connectivity index (χ0n) is 13.6. The second-order valence-corrected chi connectivity index (χ2v) is 8.43. The molecule has 9 heteroatoms. The third-order valence-electron chi connectivity index (χ3n) is 3.66. The van der Waals surface area contributed by atoms with Gasteiger partial charge in [-0.1, -0.05) is 17.7 Å². The van der Waals surface area contributed by atoms with Gasteiger partial charge >= 0.3 is 5.97 Å². The van der Waals surface area contributed by atoms with Gasteiger partial charge in [-0.3, -0.25) is 10.1 Å². The molecule has 6 nitrogen and oxygen atoms in total. The van der Waals surface area contributed by atoms with E-state index in [-0.39, 0.29) is 22.0 Å². The van der Waals surface area contributed by atoms with Crippen molar-refractivity contribution >= 4 is 46.8 Å². The first-order valence-corrected chi connectivity index (χ1v) is 10.0. The maximum Gasteiger partial charge on any atom is 0.343 e. The first-order valence-electron chi connectivity index (χ1n) is 7.57. The number of hydrogen-bond donors (Lipinski definition) is 0. The highest BCUT2D eigenvalue weighted by Crippen LogP contribution is 2.47. The van der Waals surface area contributed by atoms with Crippen LogP contribution >= 0.6 is 35.1 Å². The first kappa shape index (κ1) is 18.9. The second kappa shape index (κ2) is 8.20. The lowest BCUT2D eigenvalue weighted by Crippen LogP contribution is -2.10. The number of halogens is 1. The van der Waals surface area contributed by atoms with E-state index in [0.29, 0.717) is 10.3 Å². The van der Waals surface area contributed by atoms with Crippen molar-refractivity contribution in [2.45, 2.75) is 4.58 Å². The lowest BCUT2D eigenvalue weighted by molar-refractivity contribution is -0.384. The van der Waals surface area contributed by atoms with Gasteiger partial charge in [-0.05, 0) is 29.8 Å². The van der Waals surface area contributed by atoms with Crippen molar-refractivity contribution < 1.29 is 19.2 Å². The summed E-state index contributed by atoms with van der Waals surface area (Å²) in [6, 6.07) is 9.19. The first-order chi connectivity index (χ1) is 12.5. The largest absolute Gasteiger partial charge is 0.493 e. The molecule has 1 aliphatic heterocycles. The van der Waals surface area contributed by atoms with Gasteiger partial charge in [0, 0.05) is 17.6 Å². The van der Waals surface area contributed by atoms with Crippen molar-refractivity contribution in [3.05, 3.63) is 62.7 Å². The highest BCUT2D eigenvalue weighted by Gasteiger charge is 2.22. The molecular weight excluding hydrogens is 398 g/mol. The van der Waals surface area contributed by atoms with Crippen LogP contribution in [0.2, 0.25) is 5.02 Å². The van der Waals surface area contributed by atoms with Gasteiger partial charge in [-0.15, -0.1) is 23.5 Å². The van der Waals surface area contributed by atoms with Gasteiger partial charge in [-0.2, -0.15) is 0 Å². The van der Waals surface area contributed by atoms with Crippen LogP contribution in [0.3, 0.4) is 0 Å². The van der Waals surface area contributed by atoms with Gasteiger partial charge in [0.2, 0.25) is 0 Å². The molecule has 0 radical (unpaired) electrons. The Morgan fingerprint density at radius 1 is 1.19 bits per heavy atom. The second-order valence-electron chi connectivity index (χ2n) is 5.30. The SMILES string of the molecule is COc1cc(C2SCCS2)ccc1OC(=O)c1ccc(Cl)c([N+](=O)[O-])c1. The van der Waals surface area contributed by atoms with Gasteiger partial charge < -0.3 is 9.47 Å². The zero-order chi connectivity index (χ0) is 18.7. The number of ether oxygens (including phenoxy) is 2. The van der Waals surface area contributed by atoms with E-state index in [2.05, 4.69) is 0 Å². The monoisotopic (exact) mass is 411 g/mol. The lowest BCUT2D eigenvalue weighted by Gasteiger charge is -2.13. The standard InChI is InChI=1S/C17H14ClNO5S2/c1-23-15-9-11(17-25-6-7-26-17)3-5-14(15)24-16(20)10-2-4-12(18)13(8-10)19(21)22/h2-5,8-9,17H,6-7H2,1H3. The summed E-state index contributed by atoms with van der Waals surface area (Å²) >= 11 is 9.49. The average Bonchev–Trinajstić information content (AvgIpc) is 3.16. The van der Waals surface area contributed by atoms with Crippen LogP contribution in [0.1, 0.15) is 20.5 Å². The summed E-state index contributed by atoms with van der Waals surface area (Å²) in [6.07, 6.45) is 0. The highest BCUT2D eigenvalue weighted by atomic mass is 35.5. The smallest absolute Gasteiger partial charge is 0.343 e. The lowest BCUT2D eigenvalue weighted by atomic mass is 10.2. The summed E-state index contributed by atoms with van der Waals surface area (Å²) in [6.45, 7) is 0. The van der Waals surface area contributed by atoms with E-state index >= 15 is 0 Å². The molecule has 0 atom stereocenters. The Hall–Kier alpha value is -1.90. The Balaban J connectivity index is 1.82. The summed E-state index contributed by atoms with van der Waals surface area (Å²) in [5, 5.41) is 10.9. The third-order valence-corrected chi connectivity index (χ3v) is 7.09. The molecule has 1 heterocycles. The molecule has 0 bridgehead atoms. The molecule has 136 valence electrons. The molecule has 0 aliphatic carbocycles. The molecule has 1 aliphatic rings. The Bertz CT molecular complexity index is 855. The maximum atomic E-state index is 12.4. The Labute approximate surface area is 163 Å². The number of hydrogen-bond acceptors (Lipinski definition) is 7. The van der Waals surface area contributed by atoms with E-state index in [0.717, 1.165) is 23.1 Å². The number of nitro benzene ring substituents is 1. The molecule has 3 rings (SSSR count). The summed E-state index contributed by atoms with van der Waals surface area (Å²) in [4.78, 5) is 22.7. The third kappa shape index (κ3) is 4.08. The number of nitro groups is 1. The van der Waals surface area contributed by atoms with Gasteiger partial charge in [0.05, 0.1) is 22.2 Å². The number of nitrogens with zero attached hydrogens (tertiary/aromatic N) is 1. The van der Waals surface area contributed by atoms with Gasteiger partial charge in [0.25, 0.3) is 5.69 Å². The molecule has 0 saturated carbocycles. The Morgan fingerprint density at radius 3 is 2.58 bits per heavy atom. The predicted octanol–water partition coefficient (Wildman–Crippen LogP) is 4.95. The van der Waals surface area contributed by atoms with Crippen LogP contribution in [-0.4, -0.2) is 29.5 Å². The molecule has 1 fully saturated rings. The van der Waals surface area contributed by atoms with Crippen LogP contribution in [0, 0.1) is 10.1 Å². The van der Waals surface area contributed by atoms with Crippen LogP contribution in [0.25, 0.3) is 0 Å². The van der Waals surface area contributed by atoms with Crippen molar-refractivity contribution in [3.63, 3.8) is 0 Å². The fourth-order valence-electron chi connectivity index (χ4n) is 2.40. The minimum atomic E-state index is -0.722. The van der Waals surface area contributed by atoms with E-state index in [1.807, 2.05) is 35.7 Å². The minimum absolute atomic E-state index is 0.0362. The molecule has 0 spiro atoms. The van der Waals surface area contributed by atoms with E-state index in [4.69, 9.17) is 21.1 Å². The fraction of sp³-hybridized carbons (Fsp3) is 0.235.